The largest absolute Gasteiger partial charge is 0.462 e. The van der Waals surface area contributed by atoms with Crippen molar-refractivity contribution in [1.29, 1.82) is 0 Å². The topological polar surface area (TPSA) is 134 Å². The molecule has 0 aliphatic carbocycles. The van der Waals surface area contributed by atoms with Gasteiger partial charge in [-0.05, 0) is 24.6 Å². The van der Waals surface area contributed by atoms with Crippen LogP contribution >= 0.6 is 0 Å². The average Bonchev–Trinajstić information content (AvgIpc) is 2.60. The summed E-state index contributed by atoms with van der Waals surface area (Å²) in [4.78, 5) is 58.9. The number of nitrogens with one attached hydrogen (secondary N) is 1. The van der Waals surface area contributed by atoms with Crippen molar-refractivity contribution in [3.8, 4) is 0 Å². The molecule has 3 atom stereocenters. The van der Waals surface area contributed by atoms with E-state index in [9.17, 15) is 24.0 Å². The van der Waals surface area contributed by atoms with Gasteiger partial charge in [-0.2, -0.15) is 0 Å². The Morgan fingerprint density at radius 3 is 1.97 bits per heavy atom. The molecule has 164 valence electrons. The lowest BCUT2D eigenvalue weighted by atomic mass is 10.1. The van der Waals surface area contributed by atoms with E-state index in [-0.39, 0.29) is 0 Å². The van der Waals surface area contributed by atoms with Crippen LogP contribution < -0.4 is 5.32 Å². The highest BCUT2D eigenvalue weighted by Gasteiger charge is 2.42. The van der Waals surface area contributed by atoms with Crippen molar-refractivity contribution in [1.82, 2.24) is 0 Å². The average molecular weight is 423 g/mol. The van der Waals surface area contributed by atoms with E-state index in [4.69, 9.17) is 18.9 Å². The first kappa shape index (κ1) is 24.6. The number of amides is 1. The van der Waals surface area contributed by atoms with Crippen molar-refractivity contribution in [2.45, 2.75) is 52.9 Å². The van der Waals surface area contributed by atoms with Gasteiger partial charge < -0.3 is 24.3 Å². The Morgan fingerprint density at radius 2 is 1.47 bits per heavy atom. The number of hydrogen-bond acceptors (Lipinski definition) is 9. The first-order chi connectivity index (χ1) is 14.0. The number of anilines is 1. The van der Waals surface area contributed by atoms with Crippen LogP contribution in [0.2, 0.25) is 0 Å². The number of benzene rings is 1. The van der Waals surface area contributed by atoms with Crippen molar-refractivity contribution in [2.75, 3.05) is 11.9 Å². The Balaban J connectivity index is 3.27. The van der Waals surface area contributed by atoms with Crippen LogP contribution in [0.1, 0.15) is 33.3 Å². The lowest BCUT2D eigenvalue weighted by molar-refractivity contribution is -0.190. The number of carbonyl (C=O) groups is 5. The molecule has 0 unspecified atom stereocenters. The first-order valence-corrected chi connectivity index (χ1v) is 9.02. The van der Waals surface area contributed by atoms with Gasteiger partial charge >= 0.3 is 23.9 Å². The quantitative estimate of drug-likeness (QED) is 0.460. The SMILES string of the molecule is CC(=O)OC[C@@H](OC(C)=O)[C@H](OC(C)=O)[C@@H](OC(C)=O)C(=O)Nc1cccc(C)c1. The maximum absolute atomic E-state index is 12.9. The van der Waals surface area contributed by atoms with Gasteiger partial charge in [-0.25, -0.2) is 0 Å². The van der Waals surface area contributed by atoms with E-state index in [0.29, 0.717) is 5.69 Å². The zero-order valence-electron chi connectivity index (χ0n) is 17.4. The molecular weight excluding hydrogens is 398 g/mol. The molecule has 0 spiro atoms. The van der Waals surface area contributed by atoms with E-state index in [1.165, 1.54) is 0 Å². The minimum atomic E-state index is -1.69. The molecule has 1 aromatic rings. The number of ether oxygens (including phenoxy) is 4. The molecule has 0 saturated heterocycles. The van der Waals surface area contributed by atoms with E-state index >= 15 is 0 Å². The second-order valence-electron chi connectivity index (χ2n) is 6.41. The van der Waals surface area contributed by atoms with Crippen LogP contribution in [0, 0.1) is 6.92 Å². The van der Waals surface area contributed by atoms with E-state index in [0.717, 1.165) is 33.3 Å². The van der Waals surface area contributed by atoms with Crippen LogP contribution in [-0.4, -0.2) is 54.7 Å². The molecule has 0 heterocycles. The van der Waals surface area contributed by atoms with E-state index in [2.05, 4.69) is 5.32 Å². The smallest absolute Gasteiger partial charge is 0.303 e. The highest BCUT2D eigenvalue weighted by Crippen LogP contribution is 2.18. The first-order valence-electron chi connectivity index (χ1n) is 9.02. The highest BCUT2D eigenvalue weighted by atomic mass is 16.6. The highest BCUT2D eigenvalue weighted by molar-refractivity contribution is 5.96. The standard InChI is InChI=1S/C20H25NO9/c1-11-7-6-8-16(9-11)21-20(26)19(30-15(5)25)18(29-14(4)24)17(28-13(3)23)10-27-12(2)22/h6-9,17-19H,10H2,1-5H3,(H,21,26)/t17-,18+,19-/m1/s1. The molecule has 10 nitrogen and oxygen atoms in total. The molecule has 1 aromatic carbocycles. The molecule has 1 N–H and O–H groups in total. The van der Waals surface area contributed by atoms with Gasteiger partial charge in [0.25, 0.3) is 5.91 Å². The number of carbonyl (C=O) groups excluding carboxylic acids is 5. The van der Waals surface area contributed by atoms with Crippen molar-refractivity contribution in [2.24, 2.45) is 0 Å². The van der Waals surface area contributed by atoms with Gasteiger partial charge in [-0.1, -0.05) is 12.1 Å². The maximum atomic E-state index is 12.9. The Bertz CT molecular complexity index is 805. The van der Waals surface area contributed by atoms with Crippen LogP contribution in [0.5, 0.6) is 0 Å². The van der Waals surface area contributed by atoms with Gasteiger partial charge in [0.2, 0.25) is 6.10 Å². The summed E-state index contributed by atoms with van der Waals surface area (Å²) < 4.78 is 20.2. The molecular formula is C20H25NO9. The molecule has 0 aliphatic heterocycles. The van der Waals surface area contributed by atoms with E-state index < -0.39 is 54.7 Å². The van der Waals surface area contributed by atoms with Crippen LogP contribution in [0.15, 0.2) is 24.3 Å². The van der Waals surface area contributed by atoms with Crippen LogP contribution in [0.3, 0.4) is 0 Å². The molecule has 10 heteroatoms. The maximum Gasteiger partial charge on any atom is 0.303 e. The summed E-state index contributed by atoms with van der Waals surface area (Å²) >= 11 is 0. The molecule has 0 aliphatic rings. The fraction of sp³-hybridized carbons (Fsp3) is 0.450. The third kappa shape index (κ3) is 8.72. The van der Waals surface area contributed by atoms with Gasteiger partial charge in [-0.3, -0.25) is 24.0 Å². The predicted molar refractivity (Wildman–Crippen MR) is 103 cm³/mol. The summed E-state index contributed by atoms with van der Waals surface area (Å²) in [5.41, 5.74) is 1.27. The fourth-order valence-electron chi connectivity index (χ4n) is 2.52. The Hall–Kier alpha value is -3.43. The van der Waals surface area contributed by atoms with Gasteiger partial charge in [-0.15, -0.1) is 0 Å². The van der Waals surface area contributed by atoms with Gasteiger partial charge in [0.1, 0.15) is 6.61 Å². The summed E-state index contributed by atoms with van der Waals surface area (Å²) in [7, 11) is 0. The molecule has 0 saturated carbocycles. The molecule has 0 bridgehead atoms. The van der Waals surface area contributed by atoms with Crippen molar-refractivity contribution >= 4 is 35.5 Å². The summed E-state index contributed by atoms with van der Waals surface area (Å²) in [6.45, 7) is 5.62. The lowest BCUT2D eigenvalue weighted by Crippen LogP contribution is -2.52. The zero-order valence-corrected chi connectivity index (χ0v) is 17.4. The second-order valence-corrected chi connectivity index (χ2v) is 6.41. The van der Waals surface area contributed by atoms with Gasteiger partial charge in [0.15, 0.2) is 12.2 Å². The molecule has 0 radical (unpaired) electrons. The van der Waals surface area contributed by atoms with Crippen LogP contribution in [-0.2, 0) is 42.9 Å². The minimum Gasteiger partial charge on any atom is -0.462 e. The van der Waals surface area contributed by atoms with Crippen molar-refractivity contribution in [3.05, 3.63) is 29.8 Å². The van der Waals surface area contributed by atoms with Crippen LogP contribution in [0.4, 0.5) is 5.69 Å². The van der Waals surface area contributed by atoms with Crippen molar-refractivity contribution < 1.29 is 42.9 Å². The molecule has 1 amide bonds. The number of rotatable bonds is 9. The molecule has 0 fully saturated rings. The Labute approximate surface area is 173 Å². The Morgan fingerprint density at radius 1 is 0.867 bits per heavy atom. The number of esters is 4. The second kappa shape index (κ2) is 11.5. The summed E-state index contributed by atoms with van der Waals surface area (Å²) in [5.74, 6) is -3.99. The predicted octanol–water partition coefficient (Wildman–Crippen LogP) is 1.29. The molecule has 30 heavy (non-hydrogen) atoms. The Kier molecular flexibility index (Phi) is 9.47. The molecule has 0 aromatic heterocycles. The van der Waals surface area contributed by atoms with Crippen LogP contribution in [0.25, 0.3) is 0 Å². The summed E-state index contributed by atoms with van der Waals surface area (Å²) in [6.07, 6.45) is -4.66. The summed E-state index contributed by atoms with van der Waals surface area (Å²) in [5, 5.41) is 2.56. The third-order valence-electron chi connectivity index (χ3n) is 3.57. The third-order valence-corrected chi connectivity index (χ3v) is 3.57. The van der Waals surface area contributed by atoms with Gasteiger partial charge in [0.05, 0.1) is 0 Å². The lowest BCUT2D eigenvalue weighted by Gasteiger charge is -2.30. The minimum absolute atomic E-state index is 0.405. The fourth-order valence-corrected chi connectivity index (χ4v) is 2.52. The van der Waals surface area contributed by atoms with E-state index in [1.807, 2.05) is 13.0 Å². The van der Waals surface area contributed by atoms with Gasteiger partial charge in [0, 0.05) is 33.4 Å². The summed E-state index contributed by atoms with van der Waals surface area (Å²) in [6, 6.07) is 6.80. The normalized spacial score (nSPS) is 13.2. The number of hydrogen-bond donors (Lipinski definition) is 1. The molecule has 1 rings (SSSR count). The number of aryl methyl sites for hydroxylation is 1. The van der Waals surface area contributed by atoms with E-state index in [1.54, 1.807) is 18.2 Å². The zero-order chi connectivity index (χ0) is 22.8. The van der Waals surface area contributed by atoms with Crippen molar-refractivity contribution in [3.63, 3.8) is 0 Å². The monoisotopic (exact) mass is 423 g/mol.